The Morgan fingerprint density at radius 3 is 2.41 bits per heavy atom. The average molecular weight is 418 g/mol. The zero-order valence-electron chi connectivity index (χ0n) is 15.3. The number of hydrogen-bond acceptors (Lipinski definition) is 6. The first kappa shape index (κ1) is 16.8. The number of aromatic nitrogens is 4. The monoisotopic (exact) mass is 417 g/mol. The molecule has 1 N–H and O–H groups in total. The summed E-state index contributed by atoms with van der Waals surface area (Å²) < 4.78 is 3.89. The van der Waals surface area contributed by atoms with Crippen LogP contribution in [0.4, 0.5) is 5.82 Å². The van der Waals surface area contributed by atoms with E-state index in [1.54, 1.807) is 16.0 Å². The van der Waals surface area contributed by atoms with Crippen molar-refractivity contribution in [2.45, 2.75) is 19.3 Å². The van der Waals surface area contributed by atoms with E-state index in [9.17, 15) is 4.79 Å². The number of nitrogens with one attached hydrogen (secondary N) is 1. The van der Waals surface area contributed by atoms with Gasteiger partial charge in [0.05, 0.1) is 26.1 Å². The molecule has 6 nitrogen and oxygen atoms in total. The van der Waals surface area contributed by atoms with E-state index in [-0.39, 0.29) is 5.91 Å². The maximum Gasteiger partial charge on any atom is 0.285 e. The molecule has 8 heteroatoms. The summed E-state index contributed by atoms with van der Waals surface area (Å²) in [4.78, 5) is 22.2. The number of nitrogens with zero attached hydrogens (tertiary/aromatic N) is 4. The number of thiazole rings is 2. The molecule has 0 aliphatic heterocycles. The normalized spacial score (nSPS) is 13.2. The lowest BCUT2D eigenvalue weighted by Gasteiger charge is -2.07. The lowest BCUT2D eigenvalue weighted by atomic mass is 10.2. The van der Waals surface area contributed by atoms with Crippen LogP contribution in [0.5, 0.6) is 0 Å². The third-order valence-corrected chi connectivity index (χ3v) is 7.14. The molecule has 1 aliphatic rings. The third kappa shape index (κ3) is 2.75. The van der Waals surface area contributed by atoms with Gasteiger partial charge in [0.1, 0.15) is 5.82 Å². The Labute approximate surface area is 173 Å². The molecular weight excluding hydrogens is 402 g/mol. The Morgan fingerprint density at radius 2 is 1.66 bits per heavy atom. The van der Waals surface area contributed by atoms with Gasteiger partial charge in [-0.2, -0.15) is 9.78 Å². The number of fused-ring (bicyclic) bond motifs is 3. The van der Waals surface area contributed by atoms with Crippen molar-refractivity contribution in [2.24, 2.45) is 0 Å². The van der Waals surface area contributed by atoms with E-state index in [2.05, 4.69) is 10.3 Å². The summed E-state index contributed by atoms with van der Waals surface area (Å²) in [5, 5.41) is 9.08. The number of carbonyl (C=O) groups excluding carboxylic acids is 1. The fourth-order valence-corrected chi connectivity index (χ4v) is 5.52. The number of aryl methyl sites for hydroxylation is 1. The molecular formula is C21H15N5OS2. The molecule has 1 aliphatic carbocycles. The molecule has 2 aromatic carbocycles. The number of anilines is 1. The van der Waals surface area contributed by atoms with Gasteiger partial charge in [-0.15, -0.1) is 11.3 Å². The molecule has 142 valence electrons. The van der Waals surface area contributed by atoms with Crippen molar-refractivity contribution in [1.82, 2.24) is 19.7 Å². The molecule has 0 saturated heterocycles. The van der Waals surface area contributed by atoms with Crippen LogP contribution in [0, 0.1) is 0 Å². The Bertz CT molecular complexity index is 1330. The zero-order valence-corrected chi connectivity index (χ0v) is 16.9. The van der Waals surface area contributed by atoms with Gasteiger partial charge in [0, 0.05) is 5.56 Å². The summed E-state index contributed by atoms with van der Waals surface area (Å²) in [6.45, 7) is 0. The summed E-state index contributed by atoms with van der Waals surface area (Å²) in [5.41, 5.74) is 3.93. The molecule has 0 fully saturated rings. The highest BCUT2D eigenvalue weighted by Gasteiger charge is 2.26. The maximum atomic E-state index is 13.0. The van der Waals surface area contributed by atoms with Crippen molar-refractivity contribution < 1.29 is 4.79 Å². The van der Waals surface area contributed by atoms with Crippen molar-refractivity contribution in [3.05, 3.63) is 64.8 Å². The fourth-order valence-electron chi connectivity index (χ4n) is 3.74. The molecule has 0 spiro atoms. The highest BCUT2D eigenvalue weighted by molar-refractivity contribution is 7.21. The summed E-state index contributed by atoms with van der Waals surface area (Å²) >= 11 is 2.97. The second kappa shape index (κ2) is 6.47. The van der Waals surface area contributed by atoms with Crippen molar-refractivity contribution >= 4 is 54.8 Å². The first-order chi connectivity index (χ1) is 14.3. The molecule has 0 atom stereocenters. The fraction of sp³-hybridized carbons (Fsp3) is 0.143. The molecule has 0 saturated carbocycles. The van der Waals surface area contributed by atoms with Crippen LogP contribution in [0.2, 0.25) is 0 Å². The average Bonchev–Trinajstić information content (AvgIpc) is 3.50. The number of hydrogen-bond donors (Lipinski definition) is 1. The highest BCUT2D eigenvalue weighted by Crippen LogP contribution is 2.34. The van der Waals surface area contributed by atoms with Crippen LogP contribution in [0.25, 0.3) is 25.6 Å². The van der Waals surface area contributed by atoms with E-state index in [1.165, 1.54) is 11.3 Å². The summed E-state index contributed by atoms with van der Waals surface area (Å²) in [6, 6.07) is 15.8. The molecule has 29 heavy (non-hydrogen) atoms. The van der Waals surface area contributed by atoms with Gasteiger partial charge < -0.3 is 5.32 Å². The van der Waals surface area contributed by atoms with Crippen molar-refractivity contribution in [2.75, 3.05) is 5.32 Å². The van der Waals surface area contributed by atoms with Crippen LogP contribution in [0.15, 0.2) is 48.5 Å². The minimum atomic E-state index is -0.205. The Morgan fingerprint density at radius 1 is 0.931 bits per heavy atom. The van der Waals surface area contributed by atoms with Gasteiger partial charge in [-0.05, 0) is 43.5 Å². The molecule has 1 amide bonds. The van der Waals surface area contributed by atoms with Gasteiger partial charge in [0.15, 0.2) is 5.01 Å². The van der Waals surface area contributed by atoms with Crippen LogP contribution >= 0.6 is 22.7 Å². The van der Waals surface area contributed by atoms with Crippen molar-refractivity contribution in [3.63, 3.8) is 0 Å². The number of amides is 1. The Hall–Kier alpha value is -3.10. The minimum Gasteiger partial charge on any atom is -0.304 e. The minimum absolute atomic E-state index is 0.205. The van der Waals surface area contributed by atoms with E-state index >= 15 is 0 Å². The van der Waals surface area contributed by atoms with Gasteiger partial charge >= 0.3 is 0 Å². The molecule has 0 unspecified atom stereocenters. The smallest absolute Gasteiger partial charge is 0.285 e. The lowest BCUT2D eigenvalue weighted by molar-refractivity contribution is 0.102. The lowest BCUT2D eigenvalue weighted by Crippen LogP contribution is -2.16. The zero-order chi connectivity index (χ0) is 19.4. The van der Waals surface area contributed by atoms with Crippen LogP contribution in [-0.4, -0.2) is 25.7 Å². The van der Waals surface area contributed by atoms with Crippen LogP contribution in [0.3, 0.4) is 0 Å². The SMILES string of the molecule is O=C(Nc1c2c(nn1-c1nc3ccccc3s1)CCC2)c1nc2ccccc2s1. The molecule has 5 aromatic rings. The summed E-state index contributed by atoms with van der Waals surface area (Å²) in [6.07, 6.45) is 2.90. The standard InChI is InChI=1S/C21H15N5OS2/c27-19(20-22-14-7-1-3-10-16(14)28-20)24-18-12-6-5-9-13(12)25-26(18)21-23-15-8-2-4-11-17(15)29-21/h1-4,7-8,10-11H,5-6,9H2,(H,24,27). The second-order valence-electron chi connectivity index (χ2n) is 6.94. The molecule has 0 radical (unpaired) electrons. The third-order valence-electron chi connectivity index (χ3n) is 5.09. The first-order valence-electron chi connectivity index (χ1n) is 9.40. The molecule has 3 heterocycles. The molecule has 3 aromatic heterocycles. The van der Waals surface area contributed by atoms with Gasteiger partial charge in [0.25, 0.3) is 5.91 Å². The van der Waals surface area contributed by atoms with Gasteiger partial charge in [-0.3, -0.25) is 4.79 Å². The van der Waals surface area contributed by atoms with E-state index in [0.717, 1.165) is 61.9 Å². The van der Waals surface area contributed by atoms with Gasteiger partial charge in [0.2, 0.25) is 5.13 Å². The second-order valence-corrected chi connectivity index (χ2v) is 8.98. The van der Waals surface area contributed by atoms with E-state index in [1.807, 2.05) is 48.5 Å². The molecule has 6 rings (SSSR count). The van der Waals surface area contributed by atoms with E-state index in [0.29, 0.717) is 5.01 Å². The highest BCUT2D eigenvalue weighted by atomic mass is 32.1. The first-order valence-corrected chi connectivity index (χ1v) is 11.0. The Kier molecular flexibility index (Phi) is 3.75. The number of benzene rings is 2. The quantitative estimate of drug-likeness (QED) is 0.456. The van der Waals surface area contributed by atoms with Gasteiger partial charge in [-0.25, -0.2) is 9.97 Å². The number of carbonyl (C=O) groups is 1. The van der Waals surface area contributed by atoms with Crippen LogP contribution < -0.4 is 5.32 Å². The predicted molar refractivity (Wildman–Crippen MR) is 116 cm³/mol. The topological polar surface area (TPSA) is 72.7 Å². The number of rotatable bonds is 3. The predicted octanol–water partition coefficient (Wildman–Crippen LogP) is 4.83. The van der Waals surface area contributed by atoms with E-state index < -0.39 is 0 Å². The van der Waals surface area contributed by atoms with Gasteiger partial charge in [-0.1, -0.05) is 35.6 Å². The largest absolute Gasteiger partial charge is 0.304 e. The maximum absolute atomic E-state index is 13.0. The Balaban J connectivity index is 1.42. The number of para-hydroxylation sites is 2. The van der Waals surface area contributed by atoms with Crippen LogP contribution in [-0.2, 0) is 12.8 Å². The molecule has 0 bridgehead atoms. The van der Waals surface area contributed by atoms with E-state index in [4.69, 9.17) is 10.1 Å². The summed E-state index contributed by atoms with van der Waals surface area (Å²) in [7, 11) is 0. The van der Waals surface area contributed by atoms with Crippen LogP contribution in [0.1, 0.15) is 27.5 Å². The van der Waals surface area contributed by atoms with Crippen molar-refractivity contribution in [3.8, 4) is 5.13 Å². The summed E-state index contributed by atoms with van der Waals surface area (Å²) in [5.74, 6) is 0.518. The van der Waals surface area contributed by atoms with Crippen molar-refractivity contribution in [1.29, 1.82) is 0 Å².